The van der Waals surface area contributed by atoms with Crippen molar-refractivity contribution in [2.24, 2.45) is 5.92 Å². The highest BCUT2D eigenvalue weighted by Gasteiger charge is 2.23. The molecule has 2 saturated heterocycles. The van der Waals surface area contributed by atoms with Gasteiger partial charge in [0.1, 0.15) is 0 Å². The molecule has 0 radical (unpaired) electrons. The van der Waals surface area contributed by atoms with Crippen LogP contribution in [0, 0.1) is 5.92 Å². The summed E-state index contributed by atoms with van der Waals surface area (Å²) in [5.74, 6) is 1.04. The third kappa shape index (κ3) is 3.68. The third-order valence-corrected chi connectivity index (χ3v) is 3.93. The molecule has 2 fully saturated rings. The molecule has 2 heterocycles. The molecule has 2 rings (SSSR count). The van der Waals surface area contributed by atoms with Crippen LogP contribution >= 0.6 is 0 Å². The number of carbonyl (C=O) groups is 1. The van der Waals surface area contributed by atoms with Gasteiger partial charge < -0.3 is 15.0 Å². The quantitative estimate of drug-likeness (QED) is 0.800. The predicted molar refractivity (Wildman–Crippen MR) is 66.8 cm³/mol. The van der Waals surface area contributed by atoms with E-state index in [0.717, 1.165) is 58.5 Å². The van der Waals surface area contributed by atoms with Gasteiger partial charge in [-0.1, -0.05) is 0 Å². The van der Waals surface area contributed by atoms with Crippen molar-refractivity contribution in [2.45, 2.75) is 38.6 Å². The maximum atomic E-state index is 12.1. The van der Waals surface area contributed by atoms with Crippen LogP contribution in [0.4, 0.5) is 0 Å². The Bertz CT molecular complexity index is 252. The summed E-state index contributed by atoms with van der Waals surface area (Å²) in [5, 5.41) is 3.31. The zero-order valence-corrected chi connectivity index (χ0v) is 10.8. The molecular formula is C13H24N2O2. The Morgan fingerprint density at radius 3 is 2.88 bits per heavy atom. The first-order valence-corrected chi connectivity index (χ1v) is 6.85. The van der Waals surface area contributed by atoms with Gasteiger partial charge in [0.2, 0.25) is 5.91 Å². The van der Waals surface area contributed by atoms with Gasteiger partial charge in [0.25, 0.3) is 0 Å². The average molecular weight is 240 g/mol. The topological polar surface area (TPSA) is 41.6 Å². The number of rotatable bonds is 3. The molecule has 0 aromatic carbocycles. The Kier molecular flexibility index (Phi) is 4.80. The Morgan fingerprint density at radius 2 is 2.18 bits per heavy atom. The summed E-state index contributed by atoms with van der Waals surface area (Å²) < 4.78 is 5.34. The third-order valence-electron chi connectivity index (χ3n) is 3.93. The number of hydrogen-bond acceptors (Lipinski definition) is 3. The van der Waals surface area contributed by atoms with Gasteiger partial charge in [-0.3, -0.25) is 4.79 Å². The molecule has 98 valence electrons. The molecule has 0 spiro atoms. The van der Waals surface area contributed by atoms with Crippen LogP contribution in [0.15, 0.2) is 0 Å². The monoisotopic (exact) mass is 240 g/mol. The first kappa shape index (κ1) is 12.8. The number of piperazine rings is 1. The summed E-state index contributed by atoms with van der Waals surface area (Å²) in [4.78, 5) is 14.2. The Morgan fingerprint density at radius 1 is 1.41 bits per heavy atom. The van der Waals surface area contributed by atoms with Crippen molar-refractivity contribution in [3.05, 3.63) is 0 Å². The smallest absolute Gasteiger partial charge is 0.222 e. The summed E-state index contributed by atoms with van der Waals surface area (Å²) in [6.45, 7) is 6.62. The molecule has 2 aliphatic rings. The lowest BCUT2D eigenvalue weighted by Crippen LogP contribution is -2.52. The Hall–Kier alpha value is -0.610. The molecule has 4 heteroatoms. The zero-order valence-electron chi connectivity index (χ0n) is 10.8. The Balaban J connectivity index is 1.72. The molecule has 4 nitrogen and oxygen atoms in total. The van der Waals surface area contributed by atoms with E-state index in [1.54, 1.807) is 0 Å². The summed E-state index contributed by atoms with van der Waals surface area (Å²) in [7, 11) is 0. The lowest BCUT2D eigenvalue weighted by Gasteiger charge is -2.34. The van der Waals surface area contributed by atoms with Crippen molar-refractivity contribution >= 4 is 5.91 Å². The number of carbonyl (C=O) groups excluding carboxylic acids is 1. The van der Waals surface area contributed by atoms with Gasteiger partial charge in [0, 0.05) is 45.3 Å². The highest BCUT2D eigenvalue weighted by Crippen LogP contribution is 2.20. The predicted octanol–water partition coefficient (Wildman–Crippen LogP) is 1.01. The Labute approximate surface area is 104 Å². The van der Waals surface area contributed by atoms with Crippen LogP contribution in [-0.4, -0.2) is 49.7 Å². The maximum Gasteiger partial charge on any atom is 0.222 e. The SMILES string of the molecule is C[C@H]1CNCCN1C(=O)CCC1CCOCC1. The highest BCUT2D eigenvalue weighted by molar-refractivity contribution is 5.76. The highest BCUT2D eigenvalue weighted by atomic mass is 16.5. The molecule has 0 bridgehead atoms. The minimum absolute atomic E-state index is 0.338. The molecule has 0 aromatic heterocycles. The molecule has 1 atom stereocenters. The fourth-order valence-electron chi connectivity index (χ4n) is 2.72. The van der Waals surface area contributed by atoms with Crippen LogP contribution in [0.5, 0.6) is 0 Å². The lowest BCUT2D eigenvalue weighted by molar-refractivity contribution is -0.134. The van der Waals surface area contributed by atoms with Crippen LogP contribution in [-0.2, 0) is 9.53 Å². The van der Waals surface area contributed by atoms with E-state index >= 15 is 0 Å². The second kappa shape index (κ2) is 6.36. The van der Waals surface area contributed by atoms with Crippen molar-refractivity contribution < 1.29 is 9.53 Å². The minimum atomic E-state index is 0.338. The number of nitrogens with zero attached hydrogens (tertiary/aromatic N) is 1. The molecule has 0 saturated carbocycles. The first-order valence-electron chi connectivity index (χ1n) is 6.85. The fourth-order valence-corrected chi connectivity index (χ4v) is 2.72. The summed E-state index contributed by atoms with van der Waals surface area (Å²) >= 11 is 0. The number of hydrogen-bond donors (Lipinski definition) is 1. The van der Waals surface area contributed by atoms with E-state index < -0.39 is 0 Å². The minimum Gasteiger partial charge on any atom is -0.381 e. The number of amides is 1. The van der Waals surface area contributed by atoms with Crippen LogP contribution in [0.25, 0.3) is 0 Å². The summed E-state index contributed by atoms with van der Waals surface area (Å²) in [6.07, 6.45) is 4.02. The van der Waals surface area contributed by atoms with E-state index in [1.807, 2.05) is 4.90 Å². The molecule has 1 amide bonds. The number of nitrogens with one attached hydrogen (secondary N) is 1. The fraction of sp³-hybridized carbons (Fsp3) is 0.923. The van der Waals surface area contributed by atoms with Crippen molar-refractivity contribution in [2.75, 3.05) is 32.8 Å². The van der Waals surface area contributed by atoms with E-state index in [9.17, 15) is 4.79 Å². The lowest BCUT2D eigenvalue weighted by atomic mass is 9.94. The summed E-state index contributed by atoms with van der Waals surface area (Å²) in [5.41, 5.74) is 0. The molecular weight excluding hydrogens is 216 g/mol. The van der Waals surface area contributed by atoms with Gasteiger partial charge in [-0.05, 0) is 32.1 Å². The van der Waals surface area contributed by atoms with E-state index in [0.29, 0.717) is 17.9 Å². The molecule has 0 aliphatic carbocycles. The second-order valence-electron chi connectivity index (χ2n) is 5.23. The first-order chi connectivity index (χ1) is 8.27. The molecule has 0 aromatic rings. The standard InChI is InChI=1S/C13H24N2O2/c1-11-10-14-6-7-15(11)13(16)3-2-12-4-8-17-9-5-12/h11-12,14H,2-10H2,1H3/t11-/m0/s1. The number of ether oxygens (including phenoxy) is 1. The molecule has 17 heavy (non-hydrogen) atoms. The van der Waals surface area contributed by atoms with Crippen LogP contribution in [0.2, 0.25) is 0 Å². The van der Waals surface area contributed by atoms with Crippen molar-refractivity contribution in [3.63, 3.8) is 0 Å². The average Bonchev–Trinajstić information content (AvgIpc) is 2.38. The van der Waals surface area contributed by atoms with Crippen LogP contribution in [0.3, 0.4) is 0 Å². The van der Waals surface area contributed by atoms with Gasteiger partial charge in [-0.25, -0.2) is 0 Å². The van der Waals surface area contributed by atoms with Crippen molar-refractivity contribution in [1.29, 1.82) is 0 Å². The maximum absolute atomic E-state index is 12.1. The van der Waals surface area contributed by atoms with Crippen molar-refractivity contribution in [1.82, 2.24) is 10.2 Å². The van der Waals surface area contributed by atoms with Gasteiger partial charge in [0.05, 0.1) is 0 Å². The van der Waals surface area contributed by atoms with E-state index in [1.165, 1.54) is 0 Å². The zero-order chi connectivity index (χ0) is 12.1. The van der Waals surface area contributed by atoms with E-state index in [2.05, 4.69) is 12.2 Å². The van der Waals surface area contributed by atoms with E-state index in [4.69, 9.17) is 4.74 Å². The van der Waals surface area contributed by atoms with E-state index in [-0.39, 0.29) is 0 Å². The normalized spacial score (nSPS) is 27.1. The summed E-state index contributed by atoms with van der Waals surface area (Å²) in [6, 6.07) is 0.353. The van der Waals surface area contributed by atoms with Gasteiger partial charge in [0.15, 0.2) is 0 Å². The molecule has 0 unspecified atom stereocenters. The van der Waals surface area contributed by atoms with Gasteiger partial charge >= 0.3 is 0 Å². The van der Waals surface area contributed by atoms with Crippen molar-refractivity contribution in [3.8, 4) is 0 Å². The van der Waals surface area contributed by atoms with Crippen LogP contribution in [0.1, 0.15) is 32.6 Å². The second-order valence-corrected chi connectivity index (χ2v) is 5.23. The van der Waals surface area contributed by atoms with Gasteiger partial charge in [-0.2, -0.15) is 0 Å². The molecule has 1 N–H and O–H groups in total. The van der Waals surface area contributed by atoms with Crippen LogP contribution < -0.4 is 5.32 Å². The molecule has 2 aliphatic heterocycles. The van der Waals surface area contributed by atoms with Gasteiger partial charge in [-0.15, -0.1) is 0 Å². The largest absolute Gasteiger partial charge is 0.381 e.